The second-order valence-electron chi connectivity index (χ2n) is 7.28. The highest BCUT2D eigenvalue weighted by molar-refractivity contribution is 6.32. The van der Waals surface area contributed by atoms with E-state index in [1.807, 2.05) is 39.0 Å². The molecular weight excluding hydrogens is 374 g/mol. The van der Waals surface area contributed by atoms with Gasteiger partial charge >= 0.3 is 0 Å². The third kappa shape index (κ3) is 5.20. The van der Waals surface area contributed by atoms with Gasteiger partial charge in [0, 0.05) is 0 Å². The Kier molecular flexibility index (Phi) is 7.76. The fourth-order valence-corrected chi connectivity index (χ4v) is 3.39. The maximum absolute atomic E-state index is 12.8. The van der Waals surface area contributed by atoms with Crippen LogP contribution in [0.1, 0.15) is 62.8 Å². The Morgan fingerprint density at radius 2 is 1.79 bits per heavy atom. The van der Waals surface area contributed by atoms with E-state index in [1.54, 1.807) is 19.2 Å². The third-order valence-corrected chi connectivity index (χ3v) is 5.15. The standard InChI is InChI=1S/C23H30ClNO3/c1-7-20(28-21-11-9-8-10-19(21)24)23(26)25-16(5)18-13-17(14(2)3)22(27-6)12-15(18)4/h8-14,16,20H,7H2,1-6H3,(H,25,26)/t16-,20-/m0/s1. The van der Waals surface area contributed by atoms with E-state index in [0.717, 1.165) is 22.4 Å². The van der Waals surface area contributed by atoms with Gasteiger partial charge in [-0.2, -0.15) is 0 Å². The summed E-state index contributed by atoms with van der Waals surface area (Å²) in [6.07, 6.45) is -0.0618. The highest BCUT2D eigenvalue weighted by atomic mass is 35.5. The number of hydrogen-bond donors (Lipinski definition) is 1. The molecule has 2 atom stereocenters. The van der Waals surface area contributed by atoms with Gasteiger partial charge in [-0.3, -0.25) is 4.79 Å². The number of hydrogen-bond acceptors (Lipinski definition) is 3. The molecule has 0 unspecified atom stereocenters. The van der Waals surface area contributed by atoms with E-state index >= 15 is 0 Å². The normalized spacial score (nSPS) is 13.1. The van der Waals surface area contributed by atoms with Crippen LogP contribution in [0.5, 0.6) is 11.5 Å². The minimum atomic E-state index is -0.606. The van der Waals surface area contributed by atoms with Gasteiger partial charge in [-0.05, 0) is 67.1 Å². The van der Waals surface area contributed by atoms with Crippen molar-refractivity contribution >= 4 is 17.5 Å². The molecule has 1 N–H and O–H groups in total. The molecule has 0 aliphatic rings. The molecule has 0 aliphatic heterocycles. The highest BCUT2D eigenvalue weighted by Crippen LogP contribution is 2.32. The van der Waals surface area contributed by atoms with Crippen LogP contribution in [0.3, 0.4) is 0 Å². The summed E-state index contributed by atoms with van der Waals surface area (Å²) in [5, 5.41) is 3.58. The minimum Gasteiger partial charge on any atom is -0.496 e. The first-order valence-corrected chi connectivity index (χ1v) is 10.1. The fourth-order valence-electron chi connectivity index (χ4n) is 3.21. The minimum absolute atomic E-state index is 0.153. The lowest BCUT2D eigenvalue weighted by molar-refractivity contribution is -0.128. The molecule has 2 aromatic rings. The zero-order chi connectivity index (χ0) is 20.8. The van der Waals surface area contributed by atoms with E-state index in [-0.39, 0.29) is 11.9 Å². The monoisotopic (exact) mass is 403 g/mol. The number of amides is 1. The van der Waals surface area contributed by atoms with Crippen molar-refractivity contribution in [1.29, 1.82) is 0 Å². The van der Waals surface area contributed by atoms with Crippen LogP contribution in [0.4, 0.5) is 0 Å². The van der Waals surface area contributed by atoms with Gasteiger partial charge < -0.3 is 14.8 Å². The van der Waals surface area contributed by atoms with Gasteiger partial charge in [0.1, 0.15) is 11.5 Å². The van der Waals surface area contributed by atoms with Gasteiger partial charge in [-0.1, -0.05) is 44.5 Å². The molecule has 0 bridgehead atoms. The quantitative estimate of drug-likeness (QED) is 0.604. The molecule has 0 spiro atoms. The lowest BCUT2D eigenvalue weighted by atomic mass is 9.93. The summed E-state index contributed by atoms with van der Waals surface area (Å²) in [7, 11) is 1.68. The molecule has 0 saturated carbocycles. The zero-order valence-corrected chi connectivity index (χ0v) is 18.3. The number of rotatable bonds is 8. The highest BCUT2D eigenvalue weighted by Gasteiger charge is 2.23. The molecule has 2 aromatic carbocycles. The molecule has 4 nitrogen and oxygen atoms in total. The summed E-state index contributed by atoms with van der Waals surface area (Å²) >= 11 is 6.16. The van der Waals surface area contributed by atoms with Crippen molar-refractivity contribution < 1.29 is 14.3 Å². The number of carbonyl (C=O) groups excluding carboxylic acids is 1. The largest absolute Gasteiger partial charge is 0.496 e. The Balaban J connectivity index is 2.18. The van der Waals surface area contributed by atoms with Crippen molar-refractivity contribution in [3.8, 4) is 11.5 Å². The number of carbonyl (C=O) groups is 1. The van der Waals surface area contributed by atoms with Gasteiger partial charge in [0.15, 0.2) is 6.10 Å². The van der Waals surface area contributed by atoms with Gasteiger partial charge in [0.25, 0.3) is 5.91 Å². The van der Waals surface area contributed by atoms with Crippen molar-refractivity contribution in [2.24, 2.45) is 0 Å². The van der Waals surface area contributed by atoms with Crippen molar-refractivity contribution in [3.05, 3.63) is 58.1 Å². The van der Waals surface area contributed by atoms with Gasteiger partial charge in [-0.15, -0.1) is 0 Å². The molecule has 0 saturated heterocycles. The van der Waals surface area contributed by atoms with Gasteiger partial charge in [0.05, 0.1) is 18.2 Å². The van der Waals surface area contributed by atoms with E-state index in [0.29, 0.717) is 23.1 Å². The number of methoxy groups -OCH3 is 1. The lowest BCUT2D eigenvalue weighted by Gasteiger charge is -2.24. The topological polar surface area (TPSA) is 47.6 Å². The number of halogens is 1. The molecule has 28 heavy (non-hydrogen) atoms. The maximum Gasteiger partial charge on any atom is 0.261 e. The fraction of sp³-hybridized carbons (Fsp3) is 0.435. The van der Waals surface area contributed by atoms with Crippen molar-refractivity contribution in [1.82, 2.24) is 5.32 Å². The number of aryl methyl sites for hydroxylation is 1. The Hall–Kier alpha value is -2.20. The average Bonchev–Trinajstić information content (AvgIpc) is 2.66. The van der Waals surface area contributed by atoms with E-state index in [4.69, 9.17) is 21.1 Å². The van der Waals surface area contributed by atoms with Crippen molar-refractivity contribution in [2.45, 2.75) is 59.1 Å². The summed E-state index contributed by atoms with van der Waals surface area (Å²) in [5.41, 5.74) is 3.28. The van der Waals surface area contributed by atoms with Crippen LogP contribution in [0.2, 0.25) is 5.02 Å². The first-order valence-electron chi connectivity index (χ1n) is 9.68. The number of para-hydroxylation sites is 1. The van der Waals surface area contributed by atoms with Crippen molar-refractivity contribution in [3.63, 3.8) is 0 Å². The van der Waals surface area contributed by atoms with Gasteiger partial charge in [-0.25, -0.2) is 0 Å². The van der Waals surface area contributed by atoms with Crippen LogP contribution in [0.25, 0.3) is 0 Å². The first kappa shape index (κ1) is 22.1. The van der Waals surface area contributed by atoms with Crippen LogP contribution in [-0.4, -0.2) is 19.1 Å². The smallest absolute Gasteiger partial charge is 0.261 e. The number of benzene rings is 2. The van der Waals surface area contributed by atoms with E-state index < -0.39 is 6.10 Å². The molecule has 1 amide bonds. The van der Waals surface area contributed by atoms with E-state index in [9.17, 15) is 4.79 Å². The third-order valence-electron chi connectivity index (χ3n) is 4.83. The maximum atomic E-state index is 12.8. The van der Waals surface area contributed by atoms with Crippen LogP contribution in [-0.2, 0) is 4.79 Å². The Labute approximate surface area is 173 Å². The molecule has 0 heterocycles. The number of nitrogens with one attached hydrogen (secondary N) is 1. The Bertz CT molecular complexity index is 819. The molecular formula is C23H30ClNO3. The predicted octanol–water partition coefficient (Wildman–Crippen LogP) is 5.82. The second kappa shape index (κ2) is 9.83. The summed E-state index contributed by atoms with van der Waals surface area (Å²) in [6, 6.07) is 11.2. The summed E-state index contributed by atoms with van der Waals surface area (Å²) in [4.78, 5) is 12.8. The van der Waals surface area contributed by atoms with Gasteiger partial charge in [0.2, 0.25) is 0 Å². The van der Waals surface area contributed by atoms with Crippen LogP contribution >= 0.6 is 11.6 Å². The first-order chi connectivity index (χ1) is 13.3. The summed E-state index contributed by atoms with van der Waals surface area (Å²) in [5.74, 6) is 1.56. The lowest BCUT2D eigenvalue weighted by Crippen LogP contribution is -2.39. The molecule has 0 fully saturated rings. The number of ether oxygens (including phenoxy) is 2. The van der Waals surface area contributed by atoms with Crippen LogP contribution < -0.4 is 14.8 Å². The molecule has 2 rings (SSSR count). The molecule has 152 valence electrons. The van der Waals surface area contributed by atoms with Crippen molar-refractivity contribution in [2.75, 3.05) is 7.11 Å². The van der Waals surface area contributed by atoms with Crippen LogP contribution in [0, 0.1) is 6.92 Å². The van der Waals surface area contributed by atoms with E-state index in [1.165, 1.54) is 0 Å². The summed E-state index contributed by atoms with van der Waals surface area (Å²) in [6.45, 7) is 10.2. The summed E-state index contributed by atoms with van der Waals surface area (Å²) < 4.78 is 11.4. The Morgan fingerprint density at radius 3 is 2.36 bits per heavy atom. The van der Waals surface area contributed by atoms with Crippen LogP contribution in [0.15, 0.2) is 36.4 Å². The molecule has 5 heteroatoms. The molecule has 0 aromatic heterocycles. The van der Waals surface area contributed by atoms with E-state index in [2.05, 4.69) is 25.2 Å². The zero-order valence-electron chi connectivity index (χ0n) is 17.5. The SMILES string of the molecule is CC[C@H](Oc1ccccc1Cl)C(=O)N[C@@H](C)c1cc(C(C)C)c(OC)cc1C. The average molecular weight is 404 g/mol. The Morgan fingerprint density at radius 1 is 1.11 bits per heavy atom. The molecule has 0 radical (unpaired) electrons. The molecule has 0 aliphatic carbocycles. The second-order valence-corrected chi connectivity index (χ2v) is 7.69. The predicted molar refractivity (Wildman–Crippen MR) is 115 cm³/mol.